The van der Waals surface area contributed by atoms with Crippen LogP contribution in [0.3, 0.4) is 0 Å². The smallest absolute Gasteiger partial charge is 0.434 e. The standard InChI is InChI=1S/2C11H13ClF2N.2C5H5.Ti/c2*1-11(2,6-12)7-15-10-4-3-8(13)5-9(10)14;2*1-2-4-5-3-1;/h2*3-4,15H,6-7H2,1-2H3;2*1-5H;/q4*-1;+4. The minimum absolute atomic E-state index is 0. The SMILES string of the molecule is CC(C)(CCl)CNc1ccc(F)[c-]c1F.CC(C)(CCl)CNc1ccc(F)[c-]c1F.[Ti+4].c1cc[cH-]c1.c1cc[cH-]c1. The Morgan fingerprint density at radius 1 is 0.634 bits per heavy atom. The van der Waals surface area contributed by atoms with Gasteiger partial charge in [-0.2, -0.15) is 36.4 Å². The Hall–Kier alpha value is -2.25. The summed E-state index contributed by atoms with van der Waals surface area (Å²) in [6.45, 7) is 8.87. The van der Waals surface area contributed by atoms with Crippen molar-refractivity contribution in [3.8, 4) is 0 Å². The van der Waals surface area contributed by atoms with Gasteiger partial charge in [-0.15, -0.1) is 59.6 Å². The summed E-state index contributed by atoms with van der Waals surface area (Å²) < 4.78 is 51.4. The Balaban J connectivity index is 0.000000573. The van der Waals surface area contributed by atoms with Crippen molar-refractivity contribution in [3.63, 3.8) is 0 Å². The fraction of sp³-hybridized carbons (Fsp3) is 0.312. The molecule has 0 aliphatic carbocycles. The molecule has 2 nitrogen and oxygen atoms in total. The van der Waals surface area contributed by atoms with Crippen LogP contribution < -0.4 is 10.6 Å². The molecule has 9 heteroatoms. The van der Waals surface area contributed by atoms with Gasteiger partial charge in [0.2, 0.25) is 0 Å². The third-order valence-corrected chi connectivity index (χ3v) is 6.52. The molecule has 0 spiro atoms. The molecule has 0 radical (unpaired) electrons. The molecule has 0 atom stereocenters. The second kappa shape index (κ2) is 20.6. The van der Waals surface area contributed by atoms with Crippen molar-refractivity contribution < 1.29 is 39.3 Å². The minimum atomic E-state index is -0.708. The third kappa shape index (κ3) is 18.0. The molecular weight excluding hydrogens is 607 g/mol. The molecule has 0 unspecified atom stereocenters. The number of anilines is 2. The molecule has 0 saturated heterocycles. The molecule has 0 aliphatic heterocycles. The monoisotopic (exact) mass is 642 g/mol. The van der Waals surface area contributed by atoms with E-state index in [-0.39, 0.29) is 43.9 Å². The van der Waals surface area contributed by atoms with E-state index in [1.807, 2.05) is 100 Å². The summed E-state index contributed by atoms with van der Waals surface area (Å²) in [4.78, 5) is 0. The number of nitrogens with one attached hydrogen (secondary N) is 2. The maximum atomic E-state index is 13.1. The largest absolute Gasteiger partial charge is 4.00 e. The maximum Gasteiger partial charge on any atom is 4.00 e. The van der Waals surface area contributed by atoms with E-state index in [9.17, 15) is 17.6 Å². The van der Waals surface area contributed by atoms with Crippen LogP contribution in [-0.2, 0) is 21.7 Å². The first kappa shape index (κ1) is 38.8. The van der Waals surface area contributed by atoms with Gasteiger partial charge in [-0.1, -0.05) is 27.7 Å². The average Bonchev–Trinajstić information content (AvgIpc) is 3.68. The second-order valence-corrected chi connectivity index (χ2v) is 10.8. The van der Waals surface area contributed by atoms with Crippen LogP contribution in [0.4, 0.5) is 28.9 Å². The molecule has 41 heavy (non-hydrogen) atoms. The van der Waals surface area contributed by atoms with Crippen molar-refractivity contribution in [1.29, 1.82) is 0 Å². The van der Waals surface area contributed by atoms with Crippen LogP contribution in [0.5, 0.6) is 0 Å². The molecule has 0 saturated carbocycles. The molecule has 220 valence electrons. The normalized spacial score (nSPS) is 10.4. The summed E-state index contributed by atoms with van der Waals surface area (Å²) in [5, 5.41) is 5.75. The summed E-state index contributed by atoms with van der Waals surface area (Å²) in [6, 6.07) is 29.0. The fourth-order valence-corrected chi connectivity index (χ4v) is 2.75. The van der Waals surface area contributed by atoms with E-state index in [0.29, 0.717) is 24.8 Å². The van der Waals surface area contributed by atoms with Gasteiger partial charge in [0.05, 0.1) is 0 Å². The Morgan fingerprint density at radius 3 is 1.17 bits per heavy atom. The molecule has 0 aromatic heterocycles. The van der Waals surface area contributed by atoms with Gasteiger partial charge in [-0.3, -0.25) is 0 Å². The first-order chi connectivity index (χ1) is 18.9. The van der Waals surface area contributed by atoms with Crippen LogP contribution in [0.1, 0.15) is 27.7 Å². The molecule has 0 heterocycles. The van der Waals surface area contributed by atoms with Crippen molar-refractivity contribution >= 4 is 34.6 Å². The molecule has 0 amide bonds. The zero-order valence-electron chi connectivity index (χ0n) is 23.7. The van der Waals surface area contributed by atoms with Crippen LogP contribution in [0, 0.1) is 46.2 Å². The number of hydrogen-bond donors (Lipinski definition) is 2. The van der Waals surface area contributed by atoms with Crippen molar-refractivity contribution in [2.24, 2.45) is 10.8 Å². The zero-order valence-corrected chi connectivity index (χ0v) is 26.8. The predicted octanol–water partition coefficient (Wildman–Crippen LogP) is 9.69. The molecular formula is C32H36Cl2F4N2Ti. The Morgan fingerprint density at radius 2 is 0.951 bits per heavy atom. The quantitative estimate of drug-likeness (QED) is 0.0865. The number of rotatable bonds is 8. The summed E-state index contributed by atoms with van der Waals surface area (Å²) in [7, 11) is 0. The summed E-state index contributed by atoms with van der Waals surface area (Å²) in [5.74, 6) is -1.89. The van der Waals surface area contributed by atoms with Crippen molar-refractivity contribution in [2.75, 3.05) is 35.5 Å². The van der Waals surface area contributed by atoms with Gasteiger partial charge in [0, 0.05) is 48.1 Å². The summed E-state index contributed by atoms with van der Waals surface area (Å²) in [6.07, 6.45) is 0. The summed E-state index contributed by atoms with van der Waals surface area (Å²) >= 11 is 11.4. The van der Waals surface area contributed by atoms with E-state index in [4.69, 9.17) is 23.2 Å². The first-order valence-corrected chi connectivity index (χ1v) is 13.6. The zero-order chi connectivity index (χ0) is 30.0. The first-order valence-electron chi connectivity index (χ1n) is 12.6. The van der Waals surface area contributed by atoms with E-state index < -0.39 is 23.3 Å². The van der Waals surface area contributed by atoms with E-state index >= 15 is 0 Å². The number of hydrogen-bond acceptors (Lipinski definition) is 2. The fourth-order valence-electron chi connectivity index (χ4n) is 2.57. The Labute approximate surface area is 267 Å². The topological polar surface area (TPSA) is 24.1 Å². The van der Waals surface area contributed by atoms with Gasteiger partial charge in [0.25, 0.3) is 0 Å². The van der Waals surface area contributed by atoms with Crippen molar-refractivity contribution in [1.82, 2.24) is 0 Å². The number of halogens is 6. The van der Waals surface area contributed by atoms with Gasteiger partial charge < -0.3 is 10.6 Å². The molecule has 0 fully saturated rings. The van der Waals surface area contributed by atoms with Gasteiger partial charge in [-0.25, -0.2) is 41.8 Å². The van der Waals surface area contributed by atoms with E-state index in [1.54, 1.807) is 0 Å². The maximum absolute atomic E-state index is 13.1. The molecule has 4 rings (SSSR count). The van der Waals surface area contributed by atoms with Gasteiger partial charge in [-0.05, 0) is 22.2 Å². The Kier molecular flexibility index (Phi) is 19.5. The molecule has 4 aromatic rings. The van der Waals surface area contributed by atoms with Crippen LogP contribution in [0.15, 0.2) is 84.9 Å². The van der Waals surface area contributed by atoms with Crippen LogP contribution in [0.2, 0.25) is 0 Å². The van der Waals surface area contributed by atoms with E-state index in [2.05, 4.69) is 10.6 Å². The molecule has 4 aromatic carbocycles. The molecule has 0 aliphatic rings. The van der Waals surface area contributed by atoms with E-state index in [0.717, 1.165) is 0 Å². The summed E-state index contributed by atoms with van der Waals surface area (Å²) in [5.41, 5.74) is 0.217. The Bertz CT molecular complexity index is 1060. The predicted molar refractivity (Wildman–Crippen MR) is 160 cm³/mol. The van der Waals surface area contributed by atoms with Crippen LogP contribution >= 0.6 is 23.2 Å². The van der Waals surface area contributed by atoms with Crippen LogP contribution in [-0.4, -0.2) is 24.8 Å². The minimum Gasteiger partial charge on any atom is -0.434 e. The van der Waals surface area contributed by atoms with Gasteiger partial charge >= 0.3 is 21.7 Å². The second-order valence-electron chi connectivity index (χ2n) is 10.3. The van der Waals surface area contributed by atoms with Crippen molar-refractivity contribution in [2.45, 2.75) is 27.7 Å². The molecule has 0 bridgehead atoms. The van der Waals surface area contributed by atoms with Crippen molar-refractivity contribution in [3.05, 3.63) is 120 Å². The van der Waals surface area contributed by atoms with Gasteiger partial charge in [0.1, 0.15) is 0 Å². The number of benzene rings is 2. The molecule has 2 N–H and O–H groups in total. The van der Waals surface area contributed by atoms with Gasteiger partial charge in [0.15, 0.2) is 0 Å². The number of alkyl halides is 2. The van der Waals surface area contributed by atoms with Crippen LogP contribution in [0.25, 0.3) is 0 Å². The van der Waals surface area contributed by atoms with E-state index in [1.165, 1.54) is 24.3 Å². The average molecular weight is 643 g/mol. The third-order valence-electron chi connectivity index (χ3n) is 5.07.